The Morgan fingerprint density at radius 2 is 2.12 bits per heavy atom. The number of benzene rings is 1. The SMILES string of the molecule is CCC(N)(NC(=O)O)C(OC)c1ccccc1. The van der Waals surface area contributed by atoms with Crippen LogP contribution in [0.1, 0.15) is 25.0 Å². The van der Waals surface area contributed by atoms with Crippen LogP contribution in [0.25, 0.3) is 0 Å². The van der Waals surface area contributed by atoms with Crippen molar-refractivity contribution in [3.05, 3.63) is 35.9 Å². The molecule has 0 radical (unpaired) electrons. The first-order chi connectivity index (χ1) is 8.03. The van der Waals surface area contributed by atoms with Gasteiger partial charge < -0.3 is 20.9 Å². The van der Waals surface area contributed by atoms with E-state index in [2.05, 4.69) is 5.32 Å². The molecule has 0 heterocycles. The predicted octanol–water partition coefficient (Wildman–Crippen LogP) is 1.71. The highest BCUT2D eigenvalue weighted by molar-refractivity contribution is 5.65. The van der Waals surface area contributed by atoms with E-state index in [-0.39, 0.29) is 0 Å². The molecule has 0 fully saturated rings. The lowest BCUT2D eigenvalue weighted by molar-refractivity contribution is 0.0162. The number of hydrogen-bond donors (Lipinski definition) is 3. The molecule has 0 aliphatic heterocycles. The largest absolute Gasteiger partial charge is 0.465 e. The number of amides is 1. The van der Waals surface area contributed by atoms with Gasteiger partial charge in [-0.3, -0.25) is 0 Å². The zero-order chi connectivity index (χ0) is 12.9. The third-order valence-electron chi connectivity index (χ3n) is 2.73. The molecule has 17 heavy (non-hydrogen) atoms. The van der Waals surface area contributed by atoms with Gasteiger partial charge in [-0.05, 0) is 12.0 Å². The highest BCUT2D eigenvalue weighted by Gasteiger charge is 2.36. The van der Waals surface area contributed by atoms with Crippen LogP contribution in [0.15, 0.2) is 30.3 Å². The van der Waals surface area contributed by atoms with Crippen molar-refractivity contribution in [3.63, 3.8) is 0 Å². The van der Waals surface area contributed by atoms with Crippen LogP contribution in [0.5, 0.6) is 0 Å². The van der Waals surface area contributed by atoms with Gasteiger partial charge in [-0.25, -0.2) is 4.79 Å². The Kier molecular flexibility index (Phi) is 4.48. The number of ether oxygens (including phenoxy) is 1. The van der Waals surface area contributed by atoms with Crippen LogP contribution in [0.3, 0.4) is 0 Å². The zero-order valence-electron chi connectivity index (χ0n) is 10.0. The molecular formula is C12H18N2O3. The molecule has 5 heteroatoms. The van der Waals surface area contributed by atoms with E-state index in [1.165, 1.54) is 7.11 Å². The second-order valence-electron chi connectivity index (χ2n) is 3.85. The minimum Gasteiger partial charge on any atom is -0.465 e. The van der Waals surface area contributed by atoms with Gasteiger partial charge in [-0.2, -0.15) is 0 Å². The fourth-order valence-corrected chi connectivity index (χ4v) is 1.81. The fraction of sp³-hybridized carbons (Fsp3) is 0.417. The van der Waals surface area contributed by atoms with Crippen LogP contribution in [0, 0.1) is 0 Å². The highest BCUT2D eigenvalue weighted by atomic mass is 16.5. The Morgan fingerprint density at radius 1 is 1.53 bits per heavy atom. The summed E-state index contributed by atoms with van der Waals surface area (Å²) in [6, 6.07) is 9.31. The Hall–Kier alpha value is -1.59. The number of methoxy groups -OCH3 is 1. The molecule has 1 aromatic carbocycles. The Balaban J connectivity index is 3.02. The topological polar surface area (TPSA) is 84.6 Å². The number of hydrogen-bond acceptors (Lipinski definition) is 3. The molecule has 0 bridgehead atoms. The average molecular weight is 238 g/mol. The monoisotopic (exact) mass is 238 g/mol. The number of carbonyl (C=O) groups is 1. The second-order valence-corrected chi connectivity index (χ2v) is 3.85. The van der Waals surface area contributed by atoms with Crippen molar-refractivity contribution in [1.82, 2.24) is 5.32 Å². The minimum absolute atomic E-state index is 0.423. The van der Waals surface area contributed by atoms with Crippen molar-refractivity contribution in [1.29, 1.82) is 0 Å². The molecular weight excluding hydrogens is 220 g/mol. The lowest BCUT2D eigenvalue weighted by atomic mass is 9.94. The van der Waals surface area contributed by atoms with Crippen molar-refractivity contribution in [2.75, 3.05) is 7.11 Å². The maximum Gasteiger partial charge on any atom is 0.406 e. The van der Waals surface area contributed by atoms with E-state index in [4.69, 9.17) is 15.6 Å². The molecule has 4 N–H and O–H groups in total. The molecule has 2 unspecified atom stereocenters. The number of carboxylic acid groups (broad SMARTS) is 1. The maximum atomic E-state index is 10.8. The Labute approximate surface area is 101 Å². The smallest absolute Gasteiger partial charge is 0.406 e. The molecule has 0 aliphatic carbocycles. The van der Waals surface area contributed by atoms with Crippen LogP contribution in [-0.4, -0.2) is 24.0 Å². The predicted molar refractivity (Wildman–Crippen MR) is 64.6 cm³/mol. The summed E-state index contributed by atoms with van der Waals surface area (Å²) >= 11 is 0. The molecule has 0 aliphatic rings. The minimum atomic E-state index is -1.16. The Bertz CT molecular complexity index is 369. The van der Waals surface area contributed by atoms with E-state index in [1.54, 1.807) is 0 Å². The number of nitrogens with one attached hydrogen (secondary N) is 1. The summed E-state index contributed by atoms with van der Waals surface area (Å²) in [6.45, 7) is 1.81. The van der Waals surface area contributed by atoms with Crippen molar-refractivity contribution in [2.45, 2.75) is 25.1 Å². The highest BCUT2D eigenvalue weighted by Crippen LogP contribution is 2.27. The van der Waals surface area contributed by atoms with Crippen molar-refractivity contribution < 1.29 is 14.6 Å². The van der Waals surface area contributed by atoms with E-state index in [0.29, 0.717) is 6.42 Å². The van der Waals surface area contributed by atoms with Gasteiger partial charge in [0.2, 0.25) is 0 Å². The number of rotatable bonds is 5. The summed E-state index contributed by atoms with van der Waals surface area (Å²) in [5, 5.41) is 11.1. The molecule has 5 nitrogen and oxygen atoms in total. The van der Waals surface area contributed by atoms with Gasteiger partial charge in [0.1, 0.15) is 11.8 Å². The van der Waals surface area contributed by atoms with E-state index in [1.807, 2.05) is 37.3 Å². The molecule has 1 aromatic rings. The first kappa shape index (κ1) is 13.5. The van der Waals surface area contributed by atoms with Crippen LogP contribution < -0.4 is 11.1 Å². The summed E-state index contributed by atoms with van der Waals surface area (Å²) in [7, 11) is 1.51. The van der Waals surface area contributed by atoms with Gasteiger partial charge in [-0.15, -0.1) is 0 Å². The summed E-state index contributed by atoms with van der Waals surface area (Å²) in [4.78, 5) is 10.8. The van der Waals surface area contributed by atoms with Gasteiger partial charge in [0.25, 0.3) is 0 Å². The molecule has 94 valence electrons. The van der Waals surface area contributed by atoms with Gasteiger partial charge in [-0.1, -0.05) is 37.3 Å². The first-order valence-electron chi connectivity index (χ1n) is 5.41. The van der Waals surface area contributed by atoms with Gasteiger partial charge >= 0.3 is 6.09 Å². The molecule has 0 aromatic heterocycles. The van der Waals surface area contributed by atoms with Gasteiger partial charge in [0, 0.05) is 7.11 Å². The molecule has 0 saturated carbocycles. The van der Waals surface area contributed by atoms with Crippen LogP contribution >= 0.6 is 0 Å². The van der Waals surface area contributed by atoms with E-state index in [9.17, 15) is 4.79 Å². The van der Waals surface area contributed by atoms with Crippen molar-refractivity contribution in [2.24, 2.45) is 5.73 Å². The quantitative estimate of drug-likeness (QED) is 0.682. The summed E-state index contributed by atoms with van der Waals surface area (Å²) in [5.41, 5.74) is 5.77. The third-order valence-corrected chi connectivity index (χ3v) is 2.73. The summed E-state index contributed by atoms with van der Waals surface area (Å²) in [6.07, 6.45) is -1.26. The van der Waals surface area contributed by atoms with Crippen molar-refractivity contribution in [3.8, 4) is 0 Å². The van der Waals surface area contributed by atoms with E-state index >= 15 is 0 Å². The summed E-state index contributed by atoms with van der Waals surface area (Å²) < 4.78 is 5.34. The van der Waals surface area contributed by atoms with E-state index < -0.39 is 17.9 Å². The Morgan fingerprint density at radius 3 is 2.53 bits per heavy atom. The van der Waals surface area contributed by atoms with Crippen LogP contribution in [-0.2, 0) is 4.74 Å². The lowest BCUT2D eigenvalue weighted by Crippen LogP contribution is -2.59. The van der Waals surface area contributed by atoms with E-state index in [0.717, 1.165) is 5.56 Å². The lowest BCUT2D eigenvalue weighted by Gasteiger charge is -2.35. The number of nitrogens with two attached hydrogens (primary N) is 1. The van der Waals surface area contributed by atoms with Gasteiger partial charge in [0.05, 0.1) is 0 Å². The standard InChI is InChI=1S/C12H18N2O3/c1-3-12(13,14-11(15)16)10(17-2)9-7-5-4-6-8-9/h4-8,10,14H,3,13H2,1-2H3,(H,15,16). The summed E-state index contributed by atoms with van der Waals surface area (Å²) in [5.74, 6) is 0. The molecule has 1 rings (SSSR count). The second kappa shape index (κ2) is 5.65. The zero-order valence-corrected chi connectivity index (χ0v) is 10.0. The maximum absolute atomic E-state index is 10.8. The molecule has 0 saturated heterocycles. The third kappa shape index (κ3) is 3.18. The van der Waals surface area contributed by atoms with Crippen LogP contribution in [0.2, 0.25) is 0 Å². The van der Waals surface area contributed by atoms with Crippen molar-refractivity contribution >= 4 is 6.09 Å². The van der Waals surface area contributed by atoms with Gasteiger partial charge in [0.15, 0.2) is 0 Å². The molecule has 1 amide bonds. The molecule has 0 spiro atoms. The average Bonchev–Trinajstić information content (AvgIpc) is 2.30. The van der Waals surface area contributed by atoms with Crippen LogP contribution in [0.4, 0.5) is 4.79 Å². The fourth-order valence-electron chi connectivity index (χ4n) is 1.81. The molecule has 2 atom stereocenters. The first-order valence-corrected chi connectivity index (χ1v) is 5.41. The normalized spacial score (nSPS) is 15.9.